The van der Waals surface area contributed by atoms with E-state index in [9.17, 15) is 14.3 Å². The van der Waals surface area contributed by atoms with E-state index in [1.165, 1.54) is 18.2 Å². The lowest BCUT2D eigenvalue weighted by Crippen LogP contribution is -2.51. The third kappa shape index (κ3) is 2.67. The number of likely N-dealkylation sites (N-methyl/N-ethyl adjacent to an activating group) is 1. The number of hydrogen-bond donors (Lipinski definition) is 2. The first kappa shape index (κ1) is 14.5. The van der Waals surface area contributed by atoms with Crippen LogP contribution in [0.1, 0.15) is 18.4 Å². The Morgan fingerprint density at radius 2 is 2.23 bits per heavy atom. The Morgan fingerprint density at radius 3 is 2.91 bits per heavy atom. The molecule has 2 aliphatic heterocycles. The van der Waals surface area contributed by atoms with E-state index in [-0.39, 0.29) is 11.7 Å². The highest BCUT2D eigenvalue weighted by atomic mass is 19.1. The van der Waals surface area contributed by atoms with Gasteiger partial charge in [-0.2, -0.15) is 4.99 Å². The van der Waals surface area contributed by atoms with Gasteiger partial charge in [0.25, 0.3) is 5.91 Å². The number of hydrogen-bond acceptors (Lipinski definition) is 5. The van der Waals surface area contributed by atoms with Gasteiger partial charge in [0.1, 0.15) is 17.3 Å². The number of aromatic hydroxyl groups is 1. The molecule has 22 heavy (non-hydrogen) atoms. The highest BCUT2D eigenvalue weighted by molar-refractivity contribution is 6.12. The Kier molecular flexibility index (Phi) is 3.81. The summed E-state index contributed by atoms with van der Waals surface area (Å²) in [6.45, 7) is 1.63. The quantitative estimate of drug-likeness (QED) is 0.766. The van der Waals surface area contributed by atoms with E-state index in [2.05, 4.69) is 10.4 Å². The van der Waals surface area contributed by atoms with E-state index < -0.39 is 5.82 Å². The number of benzene rings is 1. The van der Waals surface area contributed by atoms with Crippen LogP contribution in [0.25, 0.3) is 6.08 Å². The van der Waals surface area contributed by atoms with Crippen LogP contribution in [0.3, 0.4) is 0 Å². The molecule has 6 nitrogen and oxygen atoms in total. The Labute approximate surface area is 127 Å². The number of aliphatic imine (C=N–C) groups is 1. The molecule has 0 unspecified atom stereocenters. The van der Waals surface area contributed by atoms with E-state index in [0.717, 1.165) is 32.0 Å². The summed E-state index contributed by atoms with van der Waals surface area (Å²) in [4.78, 5) is 17.8. The predicted octanol–water partition coefficient (Wildman–Crippen LogP) is 1.30. The molecule has 2 aliphatic rings. The first-order chi connectivity index (χ1) is 10.6. The summed E-state index contributed by atoms with van der Waals surface area (Å²) in [5.41, 5.74) is 3.91. The van der Waals surface area contributed by atoms with Crippen LogP contribution < -0.4 is 5.43 Å². The standard InChI is InChI=1S/C15H17FN4O2/c1-19-12(8-10-4-5-11(16)9-13(10)21)14(22)18-15(19)20-7-3-2-6-17-20/h4-5,8-9,17,21H,2-3,6-7H2,1H3. The van der Waals surface area contributed by atoms with Crippen LogP contribution >= 0.6 is 0 Å². The van der Waals surface area contributed by atoms with Crippen molar-refractivity contribution in [3.05, 3.63) is 35.3 Å². The van der Waals surface area contributed by atoms with Crippen LogP contribution in [0.4, 0.5) is 4.39 Å². The topological polar surface area (TPSA) is 68.2 Å². The average Bonchev–Trinajstić information content (AvgIpc) is 2.79. The summed E-state index contributed by atoms with van der Waals surface area (Å²) in [6, 6.07) is 3.68. The molecule has 0 bridgehead atoms. The highest BCUT2D eigenvalue weighted by Gasteiger charge is 2.31. The summed E-state index contributed by atoms with van der Waals surface area (Å²) in [5, 5.41) is 11.6. The Hall–Kier alpha value is -2.41. The molecular weight excluding hydrogens is 287 g/mol. The molecule has 1 aromatic carbocycles. The van der Waals surface area contributed by atoms with Crippen LogP contribution in [0.5, 0.6) is 5.75 Å². The molecule has 3 rings (SSSR count). The maximum atomic E-state index is 13.0. The van der Waals surface area contributed by atoms with Crippen molar-refractivity contribution in [3.8, 4) is 5.75 Å². The number of guanidine groups is 1. The van der Waals surface area contributed by atoms with E-state index in [1.807, 2.05) is 5.01 Å². The van der Waals surface area contributed by atoms with Gasteiger partial charge < -0.3 is 10.0 Å². The molecule has 7 heteroatoms. The van der Waals surface area contributed by atoms with Crippen LogP contribution in [-0.4, -0.2) is 47.0 Å². The van der Waals surface area contributed by atoms with Gasteiger partial charge in [-0.15, -0.1) is 0 Å². The summed E-state index contributed by atoms with van der Waals surface area (Å²) >= 11 is 0. The molecule has 1 fully saturated rings. The Balaban J connectivity index is 1.86. The molecule has 0 spiro atoms. The first-order valence-electron chi connectivity index (χ1n) is 7.14. The molecule has 1 saturated heterocycles. The van der Waals surface area contributed by atoms with Crippen LogP contribution in [0, 0.1) is 5.82 Å². The molecule has 0 saturated carbocycles. The number of phenols is 1. The second-order valence-electron chi connectivity index (χ2n) is 5.28. The van der Waals surface area contributed by atoms with Crippen molar-refractivity contribution in [2.45, 2.75) is 12.8 Å². The van der Waals surface area contributed by atoms with Gasteiger partial charge in [0.2, 0.25) is 5.96 Å². The molecule has 1 aromatic rings. The van der Waals surface area contributed by atoms with Crippen molar-refractivity contribution in [2.75, 3.05) is 20.1 Å². The van der Waals surface area contributed by atoms with Gasteiger partial charge in [-0.1, -0.05) is 0 Å². The summed E-state index contributed by atoms with van der Waals surface area (Å²) < 4.78 is 13.0. The van der Waals surface area contributed by atoms with Gasteiger partial charge in [0.15, 0.2) is 0 Å². The fraction of sp³-hybridized carbons (Fsp3) is 0.333. The zero-order valence-electron chi connectivity index (χ0n) is 12.2. The number of phenolic OH excluding ortho intramolecular Hbond substituents is 1. The van der Waals surface area contributed by atoms with Crippen LogP contribution in [0.2, 0.25) is 0 Å². The zero-order valence-corrected chi connectivity index (χ0v) is 12.2. The lowest BCUT2D eigenvalue weighted by atomic mass is 10.1. The minimum Gasteiger partial charge on any atom is -0.507 e. The smallest absolute Gasteiger partial charge is 0.296 e. The molecule has 1 amide bonds. The van der Waals surface area contributed by atoms with Gasteiger partial charge in [-0.05, 0) is 31.1 Å². The van der Waals surface area contributed by atoms with Gasteiger partial charge in [0.05, 0.1) is 0 Å². The number of halogens is 1. The van der Waals surface area contributed by atoms with E-state index >= 15 is 0 Å². The molecule has 116 valence electrons. The SMILES string of the molecule is CN1C(=Cc2ccc(F)cc2O)C(=O)N=C1N1CCCCN1. The summed E-state index contributed by atoms with van der Waals surface area (Å²) in [6.07, 6.45) is 3.64. The zero-order chi connectivity index (χ0) is 15.7. The van der Waals surface area contributed by atoms with Crippen LogP contribution in [0.15, 0.2) is 28.9 Å². The molecular formula is C15H17FN4O2. The molecule has 0 aliphatic carbocycles. The third-order valence-corrected chi connectivity index (χ3v) is 3.72. The van der Waals surface area contributed by atoms with Crippen molar-refractivity contribution in [2.24, 2.45) is 4.99 Å². The molecule has 2 N–H and O–H groups in total. The number of nitrogens with one attached hydrogen (secondary N) is 1. The largest absolute Gasteiger partial charge is 0.507 e. The van der Waals surface area contributed by atoms with Crippen molar-refractivity contribution in [3.63, 3.8) is 0 Å². The van der Waals surface area contributed by atoms with Gasteiger partial charge in [0, 0.05) is 31.8 Å². The van der Waals surface area contributed by atoms with Crippen molar-refractivity contribution in [1.82, 2.24) is 15.3 Å². The number of nitrogens with zero attached hydrogens (tertiary/aromatic N) is 3. The van der Waals surface area contributed by atoms with E-state index in [1.54, 1.807) is 11.9 Å². The highest BCUT2D eigenvalue weighted by Crippen LogP contribution is 2.25. The van der Waals surface area contributed by atoms with Gasteiger partial charge in [-0.25, -0.2) is 9.82 Å². The van der Waals surface area contributed by atoms with Crippen molar-refractivity contribution >= 4 is 17.9 Å². The number of carbonyl (C=O) groups is 1. The lowest BCUT2D eigenvalue weighted by molar-refractivity contribution is -0.114. The number of amides is 1. The molecule has 0 atom stereocenters. The van der Waals surface area contributed by atoms with Gasteiger partial charge in [-0.3, -0.25) is 9.80 Å². The minimum absolute atomic E-state index is 0.210. The average molecular weight is 304 g/mol. The third-order valence-electron chi connectivity index (χ3n) is 3.72. The molecule has 0 aromatic heterocycles. The van der Waals surface area contributed by atoms with Crippen molar-refractivity contribution < 1.29 is 14.3 Å². The number of carbonyl (C=O) groups excluding carboxylic acids is 1. The fourth-order valence-electron chi connectivity index (χ4n) is 2.52. The Bertz CT molecular complexity index is 666. The monoisotopic (exact) mass is 304 g/mol. The van der Waals surface area contributed by atoms with Gasteiger partial charge >= 0.3 is 0 Å². The Morgan fingerprint density at radius 1 is 1.41 bits per heavy atom. The lowest BCUT2D eigenvalue weighted by Gasteiger charge is -2.32. The predicted molar refractivity (Wildman–Crippen MR) is 80.2 cm³/mol. The second-order valence-corrected chi connectivity index (χ2v) is 5.28. The first-order valence-corrected chi connectivity index (χ1v) is 7.14. The molecule has 2 heterocycles. The maximum absolute atomic E-state index is 13.0. The van der Waals surface area contributed by atoms with Crippen LogP contribution in [-0.2, 0) is 4.79 Å². The summed E-state index contributed by atoms with van der Waals surface area (Å²) in [5.74, 6) is -0.579. The molecule has 0 radical (unpaired) electrons. The normalized spacial score (nSPS) is 20.7. The number of rotatable bonds is 1. The maximum Gasteiger partial charge on any atom is 0.296 e. The number of hydrazine groups is 1. The fourth-order valence-corrected chi connectivity index (χ4v) is 2.52. The van der Waals surface area contributed by atoms with Crippen molar-refractivity contribution in [1.29, 1.82) is 0 Å². The summed E-state index contributed by atoms with van der Waals surface area (Å²) in [7, 11) is 1.74. The minimum atomic E-state index is -0.528. The van der Waals surface area contributed by atoms with E-state index in [4.69, 9.17) is 0 Å². The van der Waals surface area contributed by atoms with E-state index in [0.29, 0.717) is 17.2 Å². The second kappa shape index (κ2) is 5.76.